The maximum Gasteiger partial charge on any atom is 0.127 e. The molecule has 3 nitrogen and oxygen atoms in total. The lowest BCUT2D eigenvalue weighted by molar-refractivity contribution is 0.0432. The summed E-state index contributed by atoms with van der Waals surface area (Å²) in [4.78, 5) is 2.22. The fraction of sp³-hybridized carbons (Fsp3) is 0.667. The Kier molecular flexibility index (Phi) is 4.95. The van der Waals surface area contributed by atoms with Crippen LogP contribution in [0.25, 0.3) is 0 Å². The molecule has 2 rings (SSSR count). The first-order valence-corrected chi connectivity index (χ1v) is 8.03. The molecule has 1 aromatic carbocycles. The normalized spacial score (nSPS) is 24.8. The molecular weight excluding hydrogens is 260 g/mol. The van der Waals surface area contributed by atoms with Crippen molar-refractivity contribution in [3.63, 3.8) is 0 Å². The van der Waals surface area contributed by atoms with Crippen LogP contribution in [0, 0.1) is 13.8 Å². The average Bonchev–Trinajstić information content (AvgIpc) is 2.40. The largest absolute Gasteiger partial charge is 0.487 e. The van der Waals surface area contributed by atoms with E-state index in [2.05, 4.69) is 64.1 Å². The highest BCUT2D eigenvalue weighted by atomic mass is 16.5. The second-order valence-electron chi connectivity index (χ2n) is 6.92. The third kappa shape index (κ3) is 3.78. The summed E-state index contributed by atoms with van der Waals surface area (Å²) in [7, 11) is 4.23. The van der Waals surface area contributed by atoms with E-state index in [1.165, 1.54) is 16.7 Å². The van der Waals surface area contributed by atoms with Gasteiger partial charge in [-0.1, -0.05) is 24.6 Å². The van der Waals surface area contributed by atoms with E-state index in [0.29, 0.717) is 6.04 Å². The lowest BCUT2D eigenvalue weighted by Crippen LogP contribution is -2.42. The molecule has 2 atom stereocenters. The van der Waals surface area contributed by atoms with Gasteiger partial charge in [0.25, 0.3) is 0 Å². The van der Waals surface area contributed by atoms with Crippen LogP contribution in [0.5, 0.6) is 5.75 Å². The number of ether oxygens (including phenoxy) is 1. The summed E-state index contributed by atoms with van der Waals surface area (Å²) in [6.07, 6.45) is 2.07. The predicted octanol–water partition coefficient (Wildman–Crippen LogP) is 3.45. The van der Waals surface area contributed by atoms with E-state index in [0.717, 1.165) is 31.7 Å². The summed E-state index contributed by atoms with van der Waals surface area (Å²) in [5, 5.41) is 3.73. The Morgan fingerprint density at radius 2 is 2.05 bits per heavy atom. The van der Waals surface area contributed by atoms with Gasteiger partial charge in [0.2, 0.25) is 0 Å². The molecule has 1 N–H and O–H groups in total. The molecule has 1 aliphatic rings. The van der Waals surface area contributed by atoms with Gasteiger partial charge in [-0.15, -0.1) is 0 Å². The maximum absolute atomic E-state index is 6.36. The molecule has 3 heteroatoms. The summed E-state index contributed by atoms with van der Waals surface area (Å²) < 4.78 is 6.36. The van der Waals surface area contributed by atoms with Gasteiger partial charge in [0, 0.05) is 31.1 Å². The molecule has 118 valence electrons. The summed E-state index contributed by atoms with van der Waals surface area (Å²) in [5.74, 6) is 1.10. The van der Waals surface area contributed by atoms with Crippen molar-refractivity contribution >= 4 is 0 Å². The Hall–Kier alpha value is -1.06. The molecule has 0 aromatic heterocycles. The summed E-state index contributed by atoms with van der Waals surface area (Å²) in [5.41, 5.74) is 3.83. The Balaban J connectivity index is 2.28. The highest BCUT2D eigenvalue weighted by Gasteiger charge is 2.36. The van der Waals surface area contributed by atoms with Gasteiger partial charge >= 0.3 is 0 Å². The van der Waals surface area contributed by atoms with Crippen molar-refractivity contribution in [1.82, 2.24) is 10.2 Å². The molecule has 0 amide bonds. The van der Waals surface area contributed by atoms with Gasteiger partial charge in [-0.05, 0) is 46.9 Å². The number of hydrogen-bond donors (Lipinski definition) is 1. The minimum atomic E-state index is -0.0667. The van der Waals surface area contributed by atoms with Gasteiger partial charge in [0.05, 0.1) is 0 Å². The van der Waals surface area contributed by atoms with Gasteiger partial charge < -0.3 is 15.0 Å². The van der Waals surface area contributed by atoms with Gasteiger partial charge in [-0.25, -0.2) is 0 Å². The molecule has 0 fully saturated rings. The smallest absolute Gasteiger partial charge is 0.127 e. The minimum absolute atomic E-state index is 0.0667. The third-order valence-electron chi connectivity index (χ3n) is 4.51. The van der Waals surface area contributed by atoms with Crippen molar-refractivity contribution in [1.29, 1.82) is 0 Å². The van der Waals surface area contributed by atoms with E-state index in [9.17, 15) is 0 Å². The lowest BCUT2D eigenvalue weighted by atomic mass is 9.85. The summed E-state index contributed by atoms with van der Waals surface area (Å²) >= 11 is 0. The van der Waals surface area contributed by atoms with Crippen molar-refractivity contribution in [2.24, 2.45) is 0 Å². The van der Waals surface area contributed by atoms with Crippen LogP contribution in [0.1, 0.15) is 49.4 Å². The first-order chi connectivity index (χ1) is 9.84. The monoisotopic (exact) mass is 290 g/mol. The number of aryl methyl sites for hydroxylation is 2. The molecule has 1 aromatic rings. The van der Waals surface area contributed by atoms with Crippen LogP contribution >= 0.6 is 0 Å². The zero-order chi connectivity index (χ0) is 15.6. The number of likely N-dealkylation sites (N-methyl/N-ethyl adjacent to an activating group) is 1. The first-order valence-electron chi connectivity index (χ1n) is 8.03. The Labute approximate surface area is 129 Å². The second kappa shape index (κ2) is 6.37. The van der Waals surface area contributed by atoms with Gasteiger partial charge in [0.15, 0.2) is 0 Å². The second-order valence-corrected chi connectivity index (χ2v) is 6.92. The van der Waals surface area contributed by atoms with Crippen LogP contribution in [0.3, 0.4) is 0 Å². The molecule has 2 unspecified atom stereocenters. The van der Waals surface area contributed by atoms with Crippen LogP contribution in [0.4, 0.5) is 0 Å². The molecule has 21 heavy (non-hydrogen) atoms. The van der Waals surface area contributed by atoms with Crippen molar-refractivity contribution in [3.05, 3.63) is 28.8 Å². The van der Waals surface area contributed by atoms with Crippen molar-refractivity contribution < 1.29 is 4.74 Å². The van der Waals surface area contributed by atoms with E-state index < -0.39 is 0 Å². The van der Waals surface area contributed by atoms with Gasteiger partial charge in [0.1, 0.15) is 11.4 Å². The summed E-state index contributed by atoms with van der Waals surface area (Å²) in [6.45, 7) is 10.8. The van der Waals surface area contributed by atoms with Crippen LogP contribution in [0.15, 0.2) is 12.1 Å². The standard InChI is InChI=1S/C18H30N2O/c1-7-18(4)12-16(19-8-9-20(5)6)15-11-13(2)10-14(3)17(15)21-18/h10-11,16,19H,7-9,12H2,1-6H3. The number of nitrogens with one attached hydrogen (secondary N) is 1. The highest BCUT2D eigenvalue weighted by Crippen LogP contribution is 2.43. The Morgan fingerprint density at radius 3 is 2.67 bits per heavy atom. The quantitative estimate of drug-likeness (QED) is 0.899. The maximum atomic E-state index is 6.36. The Bertz CT molecular complexity index is 498. The van der Waals surface area contributed by atoms with E-state index in [1.807, 2.05) is 0 Å². The van der Waals surface area contributed by atoms with Gasteiger partial charge in [-0.3, -0.25) is 0 Å². The van der Waals surface area contributed by atoms with Crippen LogP contribution < -0.4 is 10.1 Å². The topological polar surface area (TPSA) is 24.5 Å². The first kappa shape index (κ1) is 16.3. The fourth-order valence-corrected chi connectivity index (χ4v) is 3.08. The van der Waals surface area contributed by atoms with Gasteiger partial charge in [-0.2, -0.15) is 0 Å². The number of benzene rings is 1. The summed E-state index contributed by atoms with van der Waals surface area (Å²) in [6, 6.07) is 4.89. The van der Waals surface area contributed by atoms with Crippen LogP contribution in [-0.4, -0.2) is 37.7 Å². The average molecular weight is 290 g/mol. The molecule has 0 spiro atoms. The zero-order valence-corrected chi connectivity index (χ0v) is 14.4. The Morgan fingerprint density at radius 1 is 1.33 bits per heavy atom. The van der Waals surface area contributed by atoms with Crippen molar-refractivity contribution in [2.45, 2.75) is 52.2 Å². The molecule has 0 radical (unpaired) electrons. The lowest BCUT2D eigenvalue weighted by Gasteiger charge is -2.41. The minimum Gasteiger partial charge on any atom is -0.487 e. The SMILES string of the molecule is CCC1(C)CC(NCCN(C)C)c2cc(C)cc(C)c2O1. The molecular formula is C18H30N2O. The van der Waals surface area contributed by atoms with E-state index in [1.54, 1.807) is 0 Å². The predicted molar refractivity (Wildman–Crippen MR) is 89.2 cm³/mol. The van der Waals surface area contributed by atoms with E-state index in [4.69, 9.17) is 4.74 Å². The number of nitrogens with zero attached hydrogens (tertiary/aromatic N) is 1. The molecule has 1 aliphatic heterocycles. The number of rotatable bonds is 5. The number of fused-ring (bicyclic) bond motifs is 1. The van der Waals surface area contributed by atoms with Crippen molar-refractivity contribution in [3.8, 4) is 5.75 Å². The van der Waals surface area contributed by atoms with Crippen LogP contribution in [0.2, 0.25) is 0 Å². The van der Waals surface area contributed by atoms with E-state index in [-0.39, 0.29) is 5.60 Å². The third-order valence-corrected chi connectivity index (χ3v) is 4.51. The molecule has 0 bridgehead atoms. The molecule has 0 saturated carbocycles. The zero-order valence-electron chi connectivity index (χ0n) is 14.4. The number of hydrogen-bond acceptors (Lipinski definition) is 3. The molecule has 0 saturated heterocycles. The fourth-order valence-electron chi connectivity index (χ4n) is 3.08. The van der Waals surface area contributed by atoms with Crippen LogP contribution in [-0.2, 0) is 0 Å². The molecule has 1 heterocycles. The molecule has 0 aliphatic carbocycles. The van der Waals surface area contributed by atoms with E-state index >= 15 is 0 Å². The van der Waals surface area contributed by atoms with Crippen molar-refractivity contribution in [2.75, 3.05) is 27.2 Å². The highest BCUT2D eigenvalue weighted by molar-refractivity contribution is 5.47.